The number of aromatic nitrogens is 2. The largest absolute Gasteiger partial charge is 0.459 e. The molecule has 15 heavy (non-hydrogen) atoms. The first-order chi connectivity index (χ1) is 7.25. The lowest BCUT2D eigenvalue weighted by atomic mass is 9.97. The minimum absolute atomic E-state index is 0.193. The second-order valence-corrected chi connectivity index (χ2v) is 5.06. The van der Waals surface area contributed by atoms with E-state index in [1.54, 1.807) is 12.4 Å². The molecule has 0 spiro atoms. The third kappa shape index (κ3) is 3.01. The lowest BCUT2D eigenvalue weighted by Gasteiger charge is -2.28. The van der Waals surface area contributed by atoms with Gasteiger partial charge in [0, 0.05) is 22.5 Å². The highest BCUT2D eigenvalue weighted by Gasteiger charge is 2.23. The number of nitrogens with one attached hydrogen (secondary N) is 1. The number of ether oxygens (including phenoxy) is 1. The molecule has 0 aliphatic carbocycles. The molecule has 5 heteroatoms. The molecule has 0 saturated carbocycles. The number of hydrogen-bond donors (Lipinski definition) is 1. The zero-order chi connectivity index (χ0) is 10.7. The summed E-state index contributed by atoms with van der Waals surface area (Å²) in [5, 5.41) is 3.31. The van der Waals surface area contributed by atoms with Crippen LogP contribution in [0.4, 0.5) is 0 Å². The average molecular weight is 319 g/mol. The highest BCUT2D eigenvalue weighted by Crippen LogP contribution is 2.16. The van der Waals surface area contributed by atoms with Crippen LogP contribution in [0.1, 0.15) is 13.3 Å². The predicted molar refractivity (Wildman–Crippen MR) is 65.8 cm³/mol. The van der Waals surface area contributed by atoms with Gasteiger partial charge in [-0.1, -0.05) is 6.92 Å². The number of hydrogen-bond acceptors (Lipinski definition) is 4. The van der Waals surface area contributed by atoms with Gasteiger partial charge in [0.15, 0.2) is 0 Å². The van der Waals surface area contributed by atoms with Crippen LogP contribution < -0.4 is 10.1 Å². The summed E-state index contributed by atoms with van der Waals surface area (Å²) >= 11 is 2.18. The Morgan fingerprint density at radius 3 is 2.87 bits per heavy atom. The van der Waals surface area contributed by atoms with Crippen molar-refractivity contribution >= 4 is 22.6 Å². The van der Waals surface area contributed by atoms with Crippen LogP contribution in [0.15, 0.2) is 12.4 Å². The van der Waals surface area contributed by atoms with Crippen molar-refractivity contribution in [1.29, 1.82) is 0 Å². The molecule has 0 bridgehead atoms. The maximum atomic E-state index is 5.73. The fraction of sp³-hybridized carbons (Fsp3) is 0.600. The van der Waals surface area contributed by atoms with Crippen LogP contribution in [0.3, 0.4) is 0 Å². The number of rotatable bonds is 2. The van der Waals surface area contributed by atoms with Crippen molar-refractivity contribution in [3.05, 3.63) is 16.0 Å². The summed E-state index contributed by atoms with van der Waals surface area (Å²) in [6, 6.07) is 0.482. The summed E-state index contributed by atoms with van der Waals surface area (Å²) < 4.78 is 6.76. The summed E-state index contributed by atoms with van der Waals surface area (Å²) in [6.45, 7) is 4.17. The fourth-order valence-corrected chi connectivity index (χ4v) is 1.89. The SMILES string of the molecule is CC1CCNCC1Oc1ncc(I)cn1. The highest BCUT2D eigenvalue weighted by atomic mass is 127. The quantitative estimate of drug-likeness (QED) is 0.839. The molecule has 0 aromatic carbocycles. The van der Waals surface area contributed by atoms with E-state index in [-0.39, 0.29) is 6.10 Å². The molecule has 0 radical (unpaired) electrons. The molecule has 2 atom stereocenters. The topological polar surface area (TPSA) is 47.0 Å². The Morgan fingerprint density at radius 2 is 2.20 bits per heavy atom. The van der Waals surface area contributed by atoms with Crippen molar-refractivity contribution in [3.8, 4) is 6.01 Å². The lowest BCUT2D eigenvalue weighted by molar-refractivity contribution is 0.104. The van der Waals surface area contributed by atoms with Crippen molar-refractivity contribution in [2.45, 2.75) is 19.4 Å². The van der Waals surface area contributed by atoms with Gasteiger partial charge in [-0.25, -0.2) is 9.97 Å². The van der Waals surface area contributed by atoms with E-state index in [1.807, 2.05) is 0 Å². The monoisotopic (exact) mass is 319 g/mol. The van der Waals surface area contributed by atoms with Crippen molar-refractivity contribution in [2.24, 2.45) is 5.92 Å². The van der Waals surface area contributed by atoms with Crippen LogP contribution in [0.2, 0.25) is 0 Å². The van der Waals surface area contributed by atoms with Gasteiger partial charge in [-0.15, -0.1) is 0 Å². The Balaban J connectivity index is 1.98. The molecule has 2 unspecified atom stereocenters. The minimum atomic E-state index is 0.193. The van der Waals surface area contributed by atoms with Gasteiger partial charge < -0.3 is 10.1 Å². The highest BCUT2D eigenvalue weighted by molar-refractivity contribution is 14.1. The Labute approximate surface area is 103 Å². The van der Waals surface area contributed by atoms with Crippen molar-refractivity contribution in [2.75, 3.05) is 13.1 Å². The van der Waals surface area contributed by atoms with Gasteiger partial charge >= 0.3 is 6.01 Å². The van der Waals surface area contributed by atoms with Crippen LogP contribution in [0, 0.1) is 9.49 Å². The molecule has 1 aliphatic rings. The third-order valence-electron chi connectivity index (χ3n) is 2.61. The van der Waals surface area contributed by atoms with E-state index in [0.29, 0.717) is 11.9 Å². The van der Waals surface area contributed by atoms with Crippen molar-refractivity contribution in [3.63, 3.8) is 0 Å². The molecule has 1 aliphatic heterocycles. The van der Waals surface area contributed by atoms with Crippen LogP contribution in [-0.2, 0) is 0 Å². The summed E-state index contributed by atoms with van der Waals surface area (Å²) in [5.41, 5.74) is 0. The summed E-state index contributed by atoms with van der Waals surface area (Å²) in [4.78, 5) is 8.28. The molecule has 1 fully saturated rings. The minimum Gasteiger partial charge on any atom is -0.459 e. The summed E-state index contributed by atoms with van der Waals surface area (Å²) in [7, 11) is 0. The van der Waals surface area contributed by atoms with E-state index >= 15 is 0 Å². The fourth-order valence-electron chi connectivity index (χ4n) is 1.62. The van der Waals surface area contributed by atoms with Crippen molar-refractivity contribution < 1.29 is 4.74 Å². The molecule has 2 heterocycles. The molecule has 4 nitrogen and oxygen atoms in total. The van der Waals surface area contributed by atoms with Gasteiger partial charge in [0.25, 0.3) is 0 Å². The number of nitrogens with zero attached hydrogens (tertiary/aromatic N) is 2. The second kappa shape index (κ2) is 5.07. The van der Waals surface area contributed by atoms with E-state index in [9.17, 15) is 0 Å². The normalized spacial score (nSPS) is 26.3. The second-order valence-electron chi connectivity index (χ2n) is 3.81. The standard InChI is InChI=1S/C10H14IN3O/c1-7-2-3-12-6-9(7)15-10-13-4-8(11)5-14-10/h4-5,7,9,12H,2-3,6H2,1H3. The van der Waals surface area contributed by atoms with Crippen LogP contribution in [0.25, 0.3) is 0 Å². The van der Waals surface area contributed by atoms with E-state index in [1.165, 1.54) is 0 Å². The zero-order valence-electron chi connectivity index (χ0n) is 8.61. The van der Waals surface area contributed by atoms with Gasteiger partial charge in [-0.3, -0.25) is 0 Å². The molecule has 1 aromatic heterocycles. The van der Waals surface area contributed by atoms with Crippen LogP contribution in [-0.4, -0.2) is 29.2 Å². The Kier molecular flexibility index (Phi) is 3.74. The maximum absolute atomic E-state index is 5.73. The number of halogens is 1. The van der Waals surface area contributed by atoms with Gasteiger partial charge in [0.1, 0.15) is 6.10 Å². The molecular weight excluding hydrogens is 305 g/mol. The van der Waals surface area contributed by atoms with Gasteiger partial charge in [-0.2, -0.15) is 0 Å². The summed E-state index contributed by atoms with van der Waals surface area (Å²) in [5.74, 6) is 0.564. The Hall–Kier alpha value is -0.430. The maximum Gasteiger partial charge on any atom is 0.316 e. The molecule has 1 saturated heterocycles. The summed E-state index contributed by atoms with van der Waals surface area (Å²) in [6.07, 6.45) is 4.88. The zero-order valence-corrected chi connectivity index (χ0v) is 10.8. The third-order valence-corrected chi connectivity index (χ3v) is 3.17. The van der Waals surface area contributed by atoms with E-state index in [0.717, 1.165) is 23.1 Å². The number of piperidine rings is 1. The van der Waals surface area contributed by atoms with Gasteiger partial charge in [0.2, 0.25) is 0 Å². The van der Waals surface area contributed by atoms with E-state index in [2.05, 4.69) is 44.8 Å². The first kappa shape index (κ1) is 11.1. The Morgan fingerprint density at radius 1 is 1.47 bits per heavy atom. The first-order valence-corrected chi connectivity index (χ1v) is 6.18. The van der Waals surface area contributed by atoms with Gasteiger partial charge in [-0.05, 0) is 41.5 Å². The molecule has 0 amide bonds. The molecular formula is C10H14IN3O. The first-order valence-electron chi connectivity index (χ1n) is 5.10. The predicted octanol–water partition coefficient (Wildman–Crippen LogP) is 1.46. The van der Waals surface area contributed by atoms with Gasteiger partial charge in [0.05, 0.1) is 0 Å². The van der Waals surface area contributed by atoms with Crippen molar-refractivity contribution in [1.82, 2.24) is 15.3 Å². The molecule has 82 valence electrons. The van der Waals surface area contributed by atoms with Crippen LogP contribution >= 0.6 is 22.6 Å². The smallest absolute Gasteiger partial charge is 0.316 e. The average Bonchev–Trinajstić information content (AvgIpc) is 2.25. The molecule has 1 aromatic rings. The van der Waals surface area contributed by atoms with Crippen LogP contribution in [0.5, 0.6) is 6.01 Å². The molecule has 1 N–H and O–H groups in total. The molecule has 2 rings (SSSR count). The van der Waals surface area contributed by atoms with E-state index < -0.39 is 0 Å². The Bertz CT molecular complexity index is 317. The van der Waals surface area contributed by atoms with E-state index in [4.69, 9.17) is 4.74 Å². The lowest BCUT2D eigenvalue weighted by Crippen LogP contribution is -2.43.